The van der Waals surface area contributed by atoms with E-state index in [2.05, 4.69) is 4.98 Å². The van der Waals surface area contributed by atoms with E-state index < -0.39 is 37.3 Å². The molecule has 1 aliphatic rings. The van der Waals surface area contributed by atoms with Gasteiger partial charge in [-0.2, -0.15) is 0 Å². The van der Waals surface area contributed by atoms with Crippen LogP contribution in [0.15, 0.2) is 36.4 Å². The number of hydrogen-bond donors (Lipinski definition) is 4. The highest BCUT2D eigenvalue weighted by Crippen LogP contribution is 2.24. The monoisotopic (exact) mass is 307 g/mol. The van der Waals surface area contributed by atoms with Gasteiger partial charge in [-0.25, -0.2) is 4.98 Å². The lowest BCUT2D eigenvalue weighted by atomic mass is 9.99. The fourth-order valence-electron chi connectivity index (χ4n) is 2.40. The van der Waals surface area contributed by atoms with Crippen LogP contribution in [0.2, 0.25) is 0 Å². The second kappa shape index (κ2) is 6.15. The standard InChI is InChI=1S/C15H17NO6/c17-7-10-12(18)13(19)14(20)15(21-10)22-11-6-5-8-3-1-2-4-9(8)16-11/h1-6,10,12-15,17-20H,7H2/t10-,12+,13+,14-,15?/m1/s1. The van der Waals surface area contributed by atoms with E-state index in [0.717, 1.165) is 5.39 Å². The molecule has 1 aromatic heterocycles. The Morgan fingerprint density at radius 1 is 1.00 bits per heavy atom. The summed E-state index contributed by atoms with van der Waals surface area (Å²) in [5.41, 5.74) is 0.713. The van der Waals surface area contributed by atoms with E-state index in [-0.39, 0.29) is 5.88 Å². The molecule has 0 saturated carbocycles. The molecule has 2 aromatic rings. The second-order valence-electron chi connectivity index (χ2n) is 5.16. The molecule has 1 fully saturated rings. The molecular weight excluding hydrogens is 290 g/mol. The topological polar surface area (TPSA) is 112 Å². The molecule has 7 heteroatoms. The number of hydrogen-bond acceptors (Lipinski definition) is 7. The average molecular weight is 307 g/mol. The third-order valence-electron chi connectivity index (χ3n) is 3.66. The molecule has 3 rings (SSSR count). The lowest BCUT2D eigenvalue weighted by Crippen LogP contribution is -2.60. The summed E-state index contributed by atoms with van der Waals surface area (Å²) < 4.78 is 10.7. The largest absolute Gasteiger partial charge is 0.445 e. The molecule has 0 amide bonds. The molecule has 0 bridgehead atoms. The van der Waals surface area contributed by atoms with Crippen molar-refractivity contribution >= 4 is 10.9 Å². The Balaban J connectivity index is 1.80. The summed E-state index contributed by atoms with van der Waals surface area (Å²) in [4.78, 5) is 4.28. The minimum absolute atomic E-state index is 0.211. The van der Waals surface area contributed by atoms with Crippen molar-refractivity contribution in [1.29, 1.82) is 0 Å². The number of rotatable bonds is 3. The van der Waals surface area contributed by atoms with Crippen molar-refractivity contribution in [3.63, 3.8) is 0 Å². The summed E-state index contributed by atoms with van der Waals surface area (Å²) in [6.07, 6.45) is -6.58. The minimum atomic E-state index is -1.48. The Morgan fingerprint density at radius 3 is 2.55 bits per heavy atom. The highest BCUT2D eigenvalue weighted by molar-refractivity contribution is 5.78. The molecule has 1 saturated heterocycles. The van der Waals surface area contributed by atoms with Crippen LogP contribution in [0, 0.1) is 0 Å². The number of ether oxygens (including phenoxy) is 2. The summed E-state index contributed by atoms with van der Waals surface area (Å²) in [6, 6.07) is 10.9. The Labute approximate surface area is 126 Å². The van der Waals surface area contributed by atoms with E-state index in [0.29, 0.717) is 5.52 Å². The van der Waals surface area contributed by atoms with Crippen LogP contribution >= 0.6 is 0 Å². The predicted molar refractivity (Wildman–Crippen MR) is 76.1 cm³/mol. The van der Waals surface area contributed by atoms with Gasteiger partial charge >= 0.3 is 0 Å². The predicted octanol–water partition coefficient (Wildman–Crippen LogP) is -0.587. The van der Waals surface area contributed by atoms with Gasteiger partial charge in [-0.1, -0.05) is 18.2 Å². The molecule has 118 valence electrons. The maximum absolute atomic E-state index is 9.93. The van der Waals surface area contributed by atoms with E-state index in [1.807, 2.05) is 30.3 Å². The molecular formula is C15H17NO6. The number of fused-ring (bicyclic) bond motifs is 1. The molecule has 7 nitrogen and oxygen atoms in total. The van der Waals surface area contributed by atoms with E-state index in [4.69, 9.17) is 14.6 Å². The first-order chi connectivity index (χ1) is 10.6. The van der Waals surface area contributed by atoms with Crippen molar-refractivity contribution in [2.75, 3.05) is 6.61 Å². The van der Waals surface area contributed by atoms with Gasteiger partial charge in [0.15, 0.2) is 0 Å². The number of aliphatic hydroxyl groups is 4. The number of benzene rings is 1. The molecule has 0 aliphatic carbocycles. The van der Waals surface area contributed by atoms with Gasteiger partial charge in [0.2, 0.25) is 12.2 Å². The Bertz CT molecular complexity index is 649. The van der Waals surface area contributed by atoms with Crippen LogP contribution in [0.3, 0.4) is 0 Å². The number of para-hydroxylation sites is 1. The van der Waals surface area contributed by atoms with E-state index in [1.165, 1.54) is 0 Å². The van der Waals surface area contributed by atoms with E-state index in [1.54, 1.807) is 6.07 Å². The van der Waals surface area contributed by atoms with Gasteiger partial charge in [-0.05, 0) is 12.1 Å². The summed E-state index contributed by atoms with van der Waals surface area (Å²) in [5, 5.41) is 39.4. The summed E-state index contributed by atoms with van der Waals surface area (Å²) in [5.74, 6) is 0.211. The molecule has 22 heavy (non-hydrogen) atoms. The molecule has 0 spiro atoms. The van der Waals surface area contributed by atoms with Gasteiger partial charge in [0.1, 0.15) is 24.4 Å². The van der Waals surface area contributed by atoms with Crippen LogP contribution in [0.25, 0.3) is 10.9 Å². The maximum atomic E-state index is 9.93. The van der Waals surface area contributed by atoms with Crippen LogP contribution in [0.4, 0.5) is 0 Å². The van der Waals surface area contributed by atoms with Gasteiger partial charge in [0, 0.05) is 11.5 Å². The highest BCUT2D eigenvalue weighted by atomic mass is 16.7. The first-order valence-corrected chi connectivity index (χ1v) is 6.93. The molecule has 1 aliphatic heterocycles. The quantitative estimate of drug-likeness (QED) is 0.600. The zero-order valence-electron chi connectivity index (χ0n) is 11.6. The van der Waals surface area contributed by atoms with Gasteiger partial charge in [-0.15, -0.1) is 0 Å². The van der Waals surface area contributed by atoms with Crippen LogP contribution in [-0.4, -0.2) is 62.7 Å². The normalized spacial score (nSPS) is 32.1. The fourth-order valence-corrected chi connectivity index (χ4v) is 2.40. The van der Waals surface area contributed by atoms with Crippen molar-refractivity contribution in [2.24, 2.45) is 0 Å². The van der Waals surface area contributed by atoms with Crippen molar-refractivity contribution in [2.45, 2.75) is 30.7 Å². The van der Waals surface area contributed by atoms with Crippen molar-refractivity contribution in [3.05, 3.63) is 36.4 Å². The molecule has 0 radical (unpaired) electrons. The first kappa shape index (κ1) is 15.1. The van der Waals surface area contributed by atoms with E-state index in [9.17, 15) is 15.3 Å². The first-order valence-electron chi connectivity index (χ1n) is 6.93. The number of aliphatic hydroxyl groups excluding tert-OH is 4. The Morgan fingerprint density at radius 2 is 1.77 bits per heavy atom. The Hall–Kier alpha value is -1.77. The van der Waals surface area contributed by atoms with Crippen molar-refractivity contribution in [3.8, 4) is 5.88 Å². The van der Waals surface area contributed by atoms with Gasteiger partial charge in [0.05, 0.1) is 12.1 Å². The third kappa shape index (κ3) is 2.77. The zero-order valence-corrected chi connectivity index (χ0v) is 11.6. The van der Waals surface area contributed by atoms with Gasteiger partial charge in [0.25, 0.3) is 0 Å². The minimum Gasteiger partial charge on any atom is -0.445 e. The summed E-state index contributed by atoms with van der Waals surface area (Å²) in [7, 11) is 0. The molecule has 1 aromatic carbocycles. The van der Waals surface area contributed by atoms with Crippen molar-refractivity contribution in [1.82, 2.24) is 4.98 Å². The SMILES string of the molecule is OC[C@H]1OC(Oc2ccc3ccccc3n2)[C@H](O)[C@@H](O)[C@H]1O. The van der Waals surface area contributed by atoms with Gasteiger partial charge in [-0.3, -0.25) is 0 Å². The van der Waals surface area contributed by atoms with Crippen LogP contribution in [0.5, 0.6) is 5.88 Å². The maximum Gasteiger partial charge on any atom is 0.231 e. The number of nitrogens with zero attached hydrogens (tertiary/aromatic N) is 1. The summed E-state index contributed by atoms with van der Waals surface area (Å²) >= 11 is 0. The number of pyridine rings is 1. The van der Waals surface area contributed by atoms with E-state index >= 15 is 0 Å². The number of aromatic nitrogens is 1. The lowest BCUT2D eigenvalue weighted by molar-refractivity contribution is -0.278. The van der Waals surface area contributed by atoms with Gasteiger partial charge < -0.3 is 29.9 Å². The molecule has 5 atom stereocenters. The van der Waals surface area contributed by atoms with Crippen LogP contribution in [-0.2, 0) is 4.74 Å². The van der Waals surface area contributed by atoms with Crippen molar-refractivity contribution < 1.29 is 29.9 Å². The fraction of sp³-hybridized carbons (Fsp3) is 0.400. The smallest absolute Gasteiger partial charge is 0.231 e. The second-order valence-corrected chi connectivity index (χ2v) is 5.16. The van der Waals surface area contributed by atoms with Crippen LogP contribution < -0.4 is 4.74 Å². The average Bonchev–Trinajstić information content (AvgIpc) is 2.55. The lowest BCUT2D eigenvalue weighted by Gasteiger charge is -2.39. The molecule has 4 N–H and O–H groups in total. The molecule has 1 unspecified atom stereocenters. The third-order valence-corrected chi connectivity index (χ3v) is 3.66. The zero-order chi connectivity index (χ0) is 15.7. The summed E-state index contributed by atoms with van der Waals surface area (Å²) in [6.45, 7) is -0.504. The van der Waals surface area contributed by atoms with Crippen LogP contribution in [0.1, 0.15) is 0 Å². The highest BCUT2D eigenvalue weighted by Gasteiger charge is 2.44. The molecule has 2 heterocycles. The Kier molecular flexibility index (Phi) is 4.23.